The highest BCUT2D eigenvalue weighted by Gasteiger charge is 2.25. The molecule has 114 valence electrons. The van der Waals surface area contributed by atoms with Crippen LogP contribution in [0.4, 0.5) is 8.78 Å². The third-order valence-electron chi connectivity index (χ3n) is 2.97. The van der Waals surface area contributed by atoms with Gasteiger partial charge < -0.3 is 0 Å². The number of hydrogen-bond acceptors (Lipinski definition) is 2. The summed E-state index contributed by atoms with van der Waals surface area (Å²) in [5, 5.41) is -0.499. The first-order valence-corrected chi connectivity index (χ1v) is 6.80. The SMILES string of the molecule is CN(C(=O)c1cccc(Cl)c1F)C(=O)c1cccc(Cl)c1F. The standard InChI is InChI=1S/C15H9Cl2F2NO2/c1-20(14(21)8-4-2-6-10(16)12(8)18)15(22)9-5-3-7-11(17)13(9)19/h2-7H,1H3. The van der Waals surface area contributed by atoms with Crippen molar-refractivity contribution in [3.63, 3.8) is 0 Å². The zero-order chi connectivity index (χ0) is 16.4. The number of benzene rings is 2. The van der Waals surface area contributed by atoms with Crippen LogP contribution >= 0.6 is 23.2 Å². The fourth-order valence-electron chi connectivity index (χ4n) is 1.79. The fraction of sp³-hybridized carbons (Fsp3) is 0.0667. The van der Waals surface area contributed by atoms with Gasteiger partial charge in [-0.05, 0) is 24.3 Å². The van der Waals surface area contributed by atoms with Gasteiger partial charge in [-0.15, -0.1) is 0 Å². The number of hydrogen-bond donors (Lipinski definition) is 0. The van der Waals surface area contributed by atoms with E-state index in [0.29, 0.717) is 4.90 Å². The normalized spacial score (nSPS) is 10.4. The minimum Gasteiger partial charge on any atom is -0.277 e. The highest BCUT2D eigenvalue weighted by Crippen LogP contribution is 2.22. The first-order valence-electron chi connectivity index (χ1n) is 6.05. The molecule has 0 saturated carbocycles. The van der Waals surface area contributed by atoms with Gasteiger partial charge in [0.25, 0.3) is 11.8 Å². The average Bonchev–Trinajstić information content (AvgIpc) is 2.50. The molecule has 2 amide bonds. The minimum absolute atomic E-state index is 0.249. The average molecular weight is 344 g/mol. The molecule has 0 spiro atoms. The van der Waals surface area contributed by atoms with E-state index in [-0.39, 0.29) is 21.2 Å². The van der Waals surface area contributed by atoms with Crippen LogP contribution < -0.4 is 0 Å². The second-order valence-electron chi connectivity index (χ2n) is 4.37. The molecule has 0 saturated heterocycles. The quantitative estimate of drug-likeness (QED) is 0.767. The molecule has 0 atom stereocenters. The van der Waals surface area contributed by atoms with E-state index in [1.54, 1.807) is 0 Å². The van der Waals surface area contributed by atoms with Gasteiger partial charge in [0, 0.05) is 7.05 Å². The summed E-state index contributed by atoms with van der Waals surface area (Å²) in [6, 6.07) is 7.65. The van der Waals surface area contributed by atoms with Gasteiger partial charge >= 0.3 is 0 Å². The number of imide groups is 1. The maximum absolute atomic E-state index is 13.8. The minimum atomic E-state index is -0.944. The van der Waals surface area contributed by atoms with Crippen LogP contribution in [0.2, 0.25) is 10.0 Å². The van der Waals surface area contributed by atoms with Gasteiger partial charge in [-0.1, -0.05) is 35.3 Å². The zero-order valence-electron chi connectivity index (χ0n) is 11.2. The molecule has 0 heterocycles. The van der Waals surface area contributed by atoms with E-state index in [2.05, 4.69) is 0 Å². The second kappa shape index (κ2) is 6.42. The lowest BCUT2D eigenvalue weighted by atomic mass is 10.1. The van der Waals surface area contributed by atoms with Gasteiger partial charge in [0.2, 0.25) is 0 Å². The van der Waals surface area contributed by atoms with Crippen molar-refractivity contribution in [2.24, 2.45) is 0 Å². The molecule has 0 aliphatic rings. The predicted octanol–water partition coefficient (Wildman–Crippen LogP) is 4.18. The van der Waals surface area contributed by atoms with Gasteiger partial charge in [0.1, 0.15) is 0 Å². The Morgan fingerprint density at radius 3 is 1.59 bits per heavy atom. The lowest BCUT2D eigenvalue weighted by Gasteiger charge is -2.16. The molecule has 0 unspecified atom stereocenters. The van der Waals surface area contributed by atoms with Crippen molar-refractivity contribution in [2.75, 3.05) is 7.05 Å². The molecule has 0 bridgehead atoms. The summed E-state index contributed by atoms with van der Waals surface area (Å²) in [6.45, 7) is 0. The van der Waals surface area contributed by atoms with Crippen molar-refractivity contribution in [3.8, 4) is 0 Å². The van der Waals surface area contributed by atoms with Crippen molar-refractivity contribution in [1.29, 1.82) is 0 Å². The van der Waals surface area contributed by atoms with E-state index in [0.717, 1.165) is 7.05 Å². The highest BCUT2D eigenvalue weighted by atomic mass is 35.5. The van der Waals surface area contributed by atoms with E-state index < -0.39 is 23.4 Å². The van der Waals surface area contributed by atoms with Crippen molar-refractivity contribution in [3.05, 3.63) is 69.2 Å². The van der Waals surface area contributed by atoms with Crippen LogP contribution in [0.3, 0.4) is 0 Å². The summed E-state index contributed by atoms with van der Waals surface area (Å²) < 4.78 is 27.7. The Kier molecular flexibility index (Phi) is 4.78. The topological polar surface area (TPSA) is 37.4 Å². The van der Waals surface area contributed by atoms with Crippen LogP contribution in [0.5, 0.6) is 0 Å². The van der Waals surface area contributed by atoms with E-state index in [4.69, 9.17) is 23.2 Å². The number of rotatable bonds is 2. The summed E-state index contributed by atoms with van der Waals surface area (Å²) >= 11 is 11.2. The molecule has 0 fully saturated rings. The first kappa shape index (κ1) is 16.4. The van der Waals surface area contributed by atoms with E-state index in [1.807, 2.05) is 0 Å². The molecule has 0 N–H and O–H groups in total. The Balaban J connectivity index is 2.37. The lowest BCUT2D eigenvalue weighted by molar-refractivity contribution is 0.0651. The molecule has 2 aromatic carbocycles. The van der Waals surface area contributed by atoms with E-state index in [1.165, 1.54) is 36.4 Å². The van der Waals surface area contributed by atoms with Crippen molar-refractivity contribution in [1.82, 2.24) is 4.90 Å². The maximum Gasteiger partial charge on any atom is 0.263 e. The molecule has 2 aromatic rings. The van der Waals surface area contributed by atoms with E-state index in [9.17, 15) is 18.4 Å². The fourth-order valence-corrected chi connectivity index (χ4v) is 2.14. The van der Waals surface area contributed by atoms with Crippen LogP contribution in [0.25, 0.3) is 0 Å². The maximum atomic E-state index is 13.8. The van der Waals surface area contributed by atoms with Gasteiger partial charge in [-0.3, -0.25) is 14.5 Å². The van der Waals surface area contributed by atoms with E-state index >= 15 is 0 Å². The van der Waals surface area contributed by atoms with Gasteiger partial charge in [0.05, 0.1) is 21.2 Å². The number of nitrogens with zero attached hydrogens (tertiary/aromatic N) is 1. The Morgan fingerprint density at radius 2 is 1.23 bits per heavy atom. The Bertz CT molecular complexity index is 702. The van der Waals surface area contributed by atoms with Crippen molar-refractivity contribution < 1.29 is 18.4 Å². The smallest absolute Gasteiger partial charge is 0.263 e. The van der Waals surface area contributed by atoms with Crippen molar-refractivity contribution in [2.45, 2.75) is 0 Å². The Hall–Kier alpha value is -1.98. The second-order valence-corrected chi connectivity index (χ2v) is 5.19. The predicted molar refractivity (Wildman–Crippen MR) is 79.2 cm³/mol. The summed E-state index contributed by atoms with van der Waals surface area (Å²) in [6.07, 6.45) is 0. The molecular weight excluding hydrogens is 335 g/mol. The molecule has 0 radical (unpaired) electrons. The molecule has 0 aromatic heterocycles. The van der Waals surface area contributed by atoms with Crippen molar-refractivity contribution >= 4 is 35.0 Å². The van der Waals surface area contributed by atoms with Crippen LogP contribution in [-0.4, -0.2) is 23.8 Å². The number of halogens is 4. The highest BCUT2D eigenvalue weighted by molar-refractivity contribution is 6.31. The van der Waals surface area contributed by atoms with Crippen LogP contribution in [-0.2, 0) is 0 Å². The third-order valence-corrected chi connectivity index (χ3v) is 3.56. The Labute approximate surface area is 135 Å². The van der Waals surface area contributed by atoms with Crippen LogP contribution in [0.1, 0.15) is 20.7 Å². The monoisotopic (exact) mass is 343 g/mol. The van der Waals surface area contributed by atoms with Crippen LogP contribution in [0, 0.1) is 11.6 Å². The van der Waals surface area contributed by atoms with Crippen LogP contribution in [0.15, 0.2) is 36.4 Å². The zero-order valence-corrected chi connectivity index (χ0v) is 12.8. The molecule has 3 nitrogen and oxygen atoms in total. The number of carbonyl (C=O) groups excluding carboxylic acids is 2. The molecule has 0 aliphatic carbocycles. The summed E-state index contributed by atoms with van der Waals surface area (Å²) in [7, 11) is 1.12. The molecule has 0 aliphatic heterocycles. The number of carbonyl (C=O) groups is 2. The van der Waals surface area contributed by atoms with Gasteiger partial charge in [-0.2, -0.15) is 0 Å². The summed E-state index contributed by atoms with van der Waals surface area (Å²) in [4.78, 5) is 25.0. The number of amides is 2. The van der Waals surface area contributed by atoms with Gasteiger partial charge in [-0.25, -0.2) is 8.78 Å². The summed E-state index contributed by atoms with van der Waals surface area (Å²) in [5.41, 5.74) is -0.767. The Morgan fingerprint density at radius 1 is 0.864 bits per heavy atom. The summed E-state index contributed by atoms with van der Waals surface area (Å²) in [5.74, 6) is -3.77. The first-order chi connectivity index (χ1) is 10.3. The lowest BCUT2D eigenvalue weighted by Crippen LogP contribution is -2.34. The largest absolute Gasteiger partial charge is 0.277 e. The molecular formula is C15H9Cl2F2NO2. The molecule has 2 rings (SSSR count). The molecule has 7 heteroatoms. The van der Waals surface area contributed by atoms with Gasteiger partial charge in [0.15, 0.2) is 11.6 Å². The third kappa shape index (κ3) is 2.96. The molecule has 22 heavy (non-hydrogen) atoms.